The van der Waals surface area contributed by atoms with Crippen molar-refractivity contribution in [2.45, 2.75) is 26.9 Å². The van der Waals surface area contributed by atoms with Gasteiger partial charge in [0.1, 0.15) is 5.82 Å². The van der Waals surface area contributed by atoms with Gasteiger partial charge in [0.15, 0.2) is 0 Å². The topological polar surface area (TPSA) is 73.3 Å². The SMILES string of the molecule is COC(=O)c1nc(C)cc(NCCOC(C)C)n1. The zero-order valence-corrected chi connectivity index (χ0v) is 11.2. The van der Waals surface area contributed by atoms with Crippen LogP contribution in [0.2, 0.25) is 0 Å². The van der Waals surface area contributed by atoms with Crippen molar-refractivity contribution in [1.82, 2.24) is 9.97 Å². The van der Waals surface area contributed by atoms with E-state index in [0.29, 0.717) is 24.7 Å². The Labute approximate surface area is 107 Å². The summed E-state index contributed by atoms with van der Waals surface area (Å²) in [6.45, 7) is 6.95. The second kappa shape index (κ2) is 6.90. The van der Waals surface area contributed by atoms with Gasteiger partial charge in [0.25, 0.3) is 0 Å². The summed E-state index contributed by atoms with van der Waals surface area (Å²) in [5.41, 5.74) is 0.706. The number of carbonyl (C=O) groups is 1. The van der Waals surface area contributed by atoms with Crippen molar-refractivity contribution in [3.8, 4) is 0 Å². The van der Waals surface area contributed by atoms with Crippen molar-refractivity contribution in [3.05, 3.63) is 17.6 Å². The van der Waals surface area contributed by atoms with Crippen LogP contribution in [0.15, 0.2) is 6.07 Å². The van der Waals surface area contributed by atoms with Gasteiger partial charge in [-0.2, -0.15) is 0 Å². The van der Waals surface area contributed by atoms with Crippen LogP contribution in [-0.4, -0.2) is 42.3 Å². The number of esters is 1. The van der Waals surface area contributed by atoms with E-state index in [0.717, 1.165) is 0 Å². The number of aryl methyl sites for hydroxylation is 1. The second-order valence-electron chi connectivity index (χ2n) is 4.06. The van der Waals surface area contributed by atoms with Gasteiger partial charge in [0.2, 0.25) is 5.82 Å². The maximum atomic E-state index is 11.3. The predicted molar refractivity (Wildman–Crippen MR) is 67.7 cm³/mol. The molecule has 0 aromatic carbocycles. The lowest BCUT2D eigenvalue weighted by molar-refractivity contribution is 0.0586. The van der Waals surface area contributed by atoms with Crippen molar-refractivity contribution < 1.29 is 14.3 Å². The van der Waals surface area contributed by atoms with Gasteiger partial charge < -0.3 is 14.8 Å². The molecular formula is C12H19N3O3. The summed E-state index contributed by atoms with van der Waals surface area (Å²) in [5.74, 6) is 0.111. The molecule has 0 saturated heterocycles. The summed E-state index contributed by atoms with van der Waals surface area (Å²) >= 11 is 0. The number of rotatable bonds is 6. The van der Waals surface area contributed by atoms with E-state index in [1.165, 1.54) is 7.11 Å². The van der Waals surface area contributed by atoms with Gasteiger partial charge in [0.05, 0.1) is 19.8 Å². The number of hydrogen-bond acceptors (Lipinski definition) is 6. The number of anilines is 1. The molecule has 0 aliphatic carbocycles. The molecule has 1 N–H and O–H groups in total. The Morgan fingerprint density at radius 2 is 2.17 bits per heavy atom. The van der Waals surface area contributed by atoms with E-state index in [9.17, 15) is 4.79 Å². The lowest BCUT2D eigenvalue weighted by atomic mass is 10.4. The average molecular weight is 253 g/mol. The average Bonchev–Trinajstić information content (AvgIpc) is 2.32. The monoisotopic (exact) mass is 253 g/mol. The highest BCUT2D eigenvalue weighted by Gasteiger charge is 2.11. The van der Waals surface area contributed by atoms with Crippen LogP contribution in [-0.2, 0) is 9.47 Å². The van der Waals surface area contributed by atoms with Crippen LogP contribution in [0, 0.1) is 6.92 Å². The molecule has 6 nitrogen and oxygen atoms in total. The van der Waals surface area contributed by atoms with Crippen LogP contribution in [0.3, 0.4) is 0 Å². The summed E-state index contributed by atoms with van der Waals surface area (Å²) in [6.07, 6.45) is 0.199. The zero-order valence-electron chi connectivity index (χ0n) is 11.2. The molecule has 0 atom stereocenters. The molecule has 0 fully saturated rings. The van der Waals surface area contributed by atoms with E-state index in [1.807, 2.05) is 13.8 Å². The first-order valence-electron chi connectivity index (χ1n) is 5.82. The first-order chi connectivity index (χ1) is 8.52. The Bertz CT molecular complexity index is 408. The fourth-order valence-electron chi connectivity index (χ4n) is 1.32. The van der Waals surface area contributed by atoms with Crippen molar-refractivity contribution in [2.75, 3.05) is 25.6 Å². The third-order valence-corrected chi connectivity index (χ3v) is 2.08. The quantitative estimate of drug-likeness (QED) is 0.610. The number of nitrogens with one attached hydrogen (secondary N) is 1. The second-order valence-corrected chi connectivity index (χ2v) is 4.06. The van der Waals surface area contributed by atoms with Gasteiger partial charge in [-0.25, -0.2) is 14.8 Å². The fraction of sp³-hybridized carbons (Fsp3) is 0.583. The highest BCUT2D eigenvalue weighted by molar-refractivity contribution is 5.85. The Hall–Kier alpha value is -1.69. The molecule has 1 heterocycles. The van der Waals surface area contributed by atoms with Crippen LogP contribution in [0.25, 0.3) is 0 Å². The molecule has 1 aromatic rings. The molecule has 0 saturated carbocycles. The number of ether oxygens (including phenoxy) is 2. The van der Waals surface area contributed by atoms with Crippen molar-refractivity contribution in [2.24, 2.45) is 0 Å². The van der Waals surface area contributed by atoms with Crippen molar-refractivity contribution >= 4 is 11.8 Å². The van der Waals surface area contributed by atoms with Gasteiger partial charge in [-0.3, -0.25) is 0 Å². The van der Waals surface area contributed by atoms with Gasteiger partial charge in [-0.15, -0.1) is 0 Å². The molecule has 6 heteroatoms. The zero-order chi connectivity index (χ0) is 13.5. The summed E-state index contributed by atoms with van der Waals surface area (Å²) in [4.78, 5) is 19.4. The lowest BCUT2D eigenvalue weighted by Crippen LogP contribution is -2.16. The van der Waals surface area contributed by atoms with E-state index in [-0.39, 0.29) is 11.9 Å². The van der Waals surface area contributed by atoms with Crippen LogP contribution >= 0.6 is 0 Å². The van der Waals surface area contributed by atoms with E-state index in [1.54, 1.807) is 13.0 Å². The number of methoxy groups -OCH3 is 1. The first kappa shape index (κ1) is 14.4. The summed E-state index contributed by atoms with van der Waals surface area (Å²) in [6, 6.07) is 1.77. The van der Waals surface area contributed by atoms with Gasteiger partial charge in [-0.1, -0.05) is 0 Å². The molecule has 0 spiro atoms. The highest BCUT2D eigenvalue weighted by atomic mass is 16.5. The van der Waals surface area contributed by atoms with E-state index in [4.69, 9.17) is 4.74 Å². The third kappa shape index (κ3) is 4.67. The number of hydrogen-bond donors (Lipinski definition) is 1. The molecule has 0 aliphatic rings. The minimum Gasteiger partial charge on any atom is -0.463 e. The van der Waals surface area contributed by atoms with Crippen molar-refractivity contribution in [3.63, 3.8) is 0 Å². The molecule has 0 aliphatic heterocycles. The minimum atomic E-state index is -0.541. The largest absolute Gasteiger partial charge is 0.463 e. The van der Waals surface area contributed by atoms with Gasteiger partial charge in [-0.05, 0) is 20.8 Å². The van der Waals surface area contributed by atoms with E-state index < -0.39 is 5.97 Å². The van der Waals surface area contributed by atoms with Gasteiger partial charge >= 0.3 is 5.97 Å². The van der Waals surface area contributed by atoms with Crippen LogP contribution in [0.1, 0.15) is 30.2 Å². The first-order valence-corrected chi connectivity index (χ1v) is 5.82. The molecule has 0 unspecified atom stereocenters. The summed E-state index contributed by atoms with van der Waals surface area (Å²) < 4.78 is 9.98. The van der Waals surface area contributed by atoms with Gasteiger partial charge in [0, 0.05) is 18.3 Å². The number of carbonyl (C=O) groups excluding carboxylic acids is 1. The Morgan fingerprint density at radius 3 is 2.78 bits per heavy atom. The van der Waals surface area contributed by atoms with Crippen LogP contribution < -0.4 is 5.32 Å². The molecule has 0 amide bonds. The predicted octanol–water partition coefficient (Wildman–Crippen LogP) is 1.41. The highest BCUT2D eigenvalue weighted by Crippen LogP contribution is 2.06. The fourth-order valence-corrected chi connectivity index (χ4v) is 1.32. The lowest BCUT2D eigenvalue weighted by Gasteiger charge is -2.10. The number of nitrogens with zero attached hydrogens (tertiary/aromatic N) is 2. The smallest absolute Gasteiger partial charge is 0.376 e. The van der Waals surface area contributed by atoms with Crippen LogP contribution in [0.4, 0.5) is 5.82 Å². The molecule has 18 heavy (non-hydrogen) atoms. The third-order valence-electron chi connectivity index (χ3n) is 2.08. The number of aromatic nitrogens is 2. The van der Waals surface area contributed by atoms with E-state index in [2.05, 4.69) is 20.0 Å². The molecule has 0 bridgehead atoms. The van der Waals surface area contributed by atoms with E-state index >= 15 is 0 Å². The molecule has 0 radical (unpaired) electrons. The molecule has 1 rings (SSSR count). The Balaban J connectivity index is 2.60. The molecular weight excluding hydrogens is 234 g/mol. The maximum Gasteiger partial charge on any atom is 0.376 e. The Morgan fingerprint density at radius 1 is 1.44 bits per heavy atom. The minimum absolute atomic E-state index is 0.0600. The standard InChI is InChI=1S/C12H19N3O3/c1-8(2)18-6-5-13-10-7-9(3)14-11(15-10)12(16)17-4/h7-8H,5-6H2,1-4H3,(H,13,14,15). The molecule has 100 valence electrons. The molecule has 1 aromatic heterocycles. The normalized spacial score (nSPS) is 10.5. The maximum absolute atomic E-state index is 11.3. The van der Waals surface area contributed by atoms with Crippen LogP contribution in [0.5, 0.6) is 0 Å². The Kier molecular flexibility index (Phi) is 5.51. The van der Waals surface area contributed by atoms with Crippen molar-refractivity contribution in [1.29, 1.82) is 0 Å². The summed E-state index contributed by atoms with van der Waals surface area (Å²) in [5, 5.41) is 3.08. The summed E-state index contributed by atoms with van der Waals surface area (Å²) in [7, 11) is 1.30.